The Morgan fingerprint density at radius 3 is 2.87 bits per heavy atom. The van der Waals surface area contributed by atoms with Crippen LogP contribution in [0.2, 0.25) is 0 Å². The van der Waals surface area contributed by atoms with E-state index in [0.717, 1.165) is 18.4 Å². The first-order valence-electron chi connectivity index (χ1n) is 5.70. The molecule has 0 heterocycles. The van der Waals surface area contributed by atoms with Gasteiger partial charge in [0.05, 0.1) is 7.11 Å². The summed E-state index contributed by atoms with van der Waals surface area (Å²) in [6.07, 6.45) is 7.27. The first kappa shape index (κ1) is 10.7. The second kappa shape index (κ2) is 4.35. The van der Waals surface area contributed by atoms with Gasteiger partial charge in [-0.3, -0.25) is 4.79 Å². The predicted octanol–water partition coefficient (Wildman–Crippen LogP) is 1.35. The van der Waals surface area contributed by atoms with Gasteiger partial charge < -0.3 is 10.1 Å². The van der Waals surface area contributed by atoms with Gasteiger partial charge in [-0.25, -0.2) is 0 Å². The summed E-state index contributed by atoms with van der Waals surface area (Å²) in [5.74, 6) is 2.09. The fourth-order valence-electron chi connectivity index (χ4n) is 2.72. The van der Waals surface area contributed by atoms with E-state index in [-0.39, 0.29) is 12.0 Å². The van der Waals surface area contributed by atoms with E-state index >= 15 is 0 Å². The Morgan fingerprint density at radius 2 is 2.33 bits per heavy atom. The highest BCUT2D eigenvalue weighted by molar-refractivity contribution is 5.75. The minimum absolute atomic E-state index is 0.173. The average molecular weight is 209 g/mol. The predicted molar refractivity (Wildman–Crippen MR) is 58.3 cm³/mol. The number of esters is 1. The van der Waals surface area contributed by atoms with Crippen molar-refractivity contribution in [3.05, 3.63) is 12.2 Å². The summed E-state index contributed by atoms with van der Waals surface area (Å²) in [5.41, 5.74) is 0. The third-order valence-electron chi connectivity index (χ3n) is 3.66. The second-order valence-corrected chi connectivity index (χ2v) is 4.69. The Hall–Kier alpha value is -0.830. The zero-order valence-electron chi connectivity index (χ0n) is 9.40. The Morgan fingerprint density at radius 1 is 1.53 bits per heavy atom. The lowest BCUT2D eigenvalue weighted by molar-refractivity contribution is -0.142. The zero-order chi connectivity index (χ0) is 10.8. The average Bonchev–Trinajstić information content (AvgIpc) is 2.86. The van der Waals surface area contributed by atoms with Gasteiger partial charge in [-0.05, 0) is 44.1 Å². The summed E-state index contributed by atoms with van der Waals surface area (Å²) in [6, 6.07) is -0.182. The number of methoxy groups -OCH3 is 1. The molecule has 0 aromatic rings. The summed E-state index contributed by atoms with van der Waals surface area (Å²) in [6.45, 7) is 2.79. The van der Waals surface area contributed by atoms with Crippen molar-refractivity contribution >= 4 is 5.97 Å². The molecule has 0 amide bonds. The van der Waals surface area contributed by atoms with Crippen LogP contribution in [0, 0.1) is 17.8 Å². The summed E-state index contributed by atoms with van der Waals surface area (Å²) < 4.78 is 4.67. The van der Waals surface area contributed by atoms with Crippen LogP contribution < -0.4 is 5.32 Å². The van der Waals surface area contributed by atoms with Crippen LogP contribution in [-0.4, -0.2) is 25.7 Å². The van der Waals surface area contributed by atoms with E-state index in [4.69, 9.17) is 0 Å². The van der Waals surface area contributed by atoms with Gasteiger partial charge in [-0.15, -0.1) is 0 Å². The van der Waals surface area contributed by atoms with Crippen LogP contribution in [0.25, 0.3) is 0 Å². The fourth-order valence-corrected chi connectivity index (χ4v) is 2.72. The highest BCUT2D eigenvalue weighted by Crippen LogP contribution is 2.42. The van der Waals surface area contributed by atoms with Gasteiger partial charge in [0.15, 0.2) is 0 Å². The van der Waals surface area contributed by atoms with Gasteiger partial charge >= 0.3 is 5.97 Å². The van der Waals surface area contributed by atoms with Crippen molar-refractivity contribution in [1.82, 2.24) is 5.32 Å². The molecule has 3 heteroatoms. The quantitative estimate of drug-likeness (QED) is 0.561. The summed E-state index contributed by atoms with van der Waals surface area (Å²) in [5, 5.41) is 3.25. The number of ether oxygens (including phenoxy) is 1. The molecule has 0 aliphatic heterocycles. The van der Waals surface area contributed by atoms with Crippen molar-refractivity contribution in [2.75, 3.05) is 13.7 Å². The van der Waals surface area contributed by atoms with Crippen molar-refractivity contribution in [1.29, 1.82) is 0 Å². The van der Waals surface area contributed by atoms with E-state index in [1.165, 1.54) is 20.0 Å². The summed E-state index contributed by atoms with van der Waals surface area (Å²) in [4.78, 5) is 11.2. The maximum atomic E-state index is 11.2. The minimum atomic E-state index is -0.182. The molecular weight excluding hydrogens is 190 g/mol. The van der Waals surface area contributed by atoms with E-state index in [2.05, 4.69) is 22.2 Å². The Kier molecular flexibility index (Phi) is 3.10. The van der Waals surface area contributed by atoms with Gasteiger partial charge in [0.1, 0.15) is 6.04 Å². The molecule has 84 valence electrons. The van der Waals surface area contributed by atoms with Crippen molar-refractivity contribution in [3.63, 3.8) is 0 Å². The fraction of sp³-hybridized carbons (Fsp3) is 0.750. The van der Waals surface area contributed by atoms with Gasteiger partial charge in [-0.1, -0.05) is 12.2 Å². The van der Waals surface area contributed by atoms with Gasteiger partial charge in [0.2, 0.25) is 0 Å². The standard InChI is InChI=1S/C12H19NO2/c1-8(12(14)15-2)13-7-11-6-9-3-4-10(11)5-9/h3-4,8-11,13H,5-7H2,1-2H3. The number of hydrogen-bond donors (Lipinski definition) is 1. The van der Waals surface area contributed by atoms with Crippen LogP contribution in [0.3, 0.4) is 0 Å². The molecule has 2 aliphatic rings. The third kappa shape index (κ3) is 2.23. The molecule has 0 saturated heterocycles. The molecule has 1 N–H and O–H groups in total. The Bertz CT molecular complexity index is 275. The molecule has 0 spiro atoms. The van der Waals surface area contributed by atoms with Crippen LogP contribution in [-0.2, 0) is 9.53 Å². The molecule has 0 aromatic heterocycles. The molecule has 0 radical (unpaired) electrons. The molecule has 0 aromatic carbocycles. The third-order valence-corrected chi connectivity index (χ3v) is 3.66. The lowest BCUT2D eigenvalue weighted by Gasteiger charge is -2.20. The van der Waals surface area contributed by atoms with Gasteiger partial charge in [-0.2, -0.15) is 0 Å². The maximum Gasteiger partial charge on any atom is 0.322 e. The van der Waals surface area contributed by atoms with E-state index in [0.29, 0.717) is 5.92 Å². The number of carbonyl (C=O) groups is 1. The first-order valence-corrected chi connectivity index (χ1v) is 5.70. The highest BCUT2D eigenvalue weighted by atomic mass is 16.5. The SMILES string of the molecule is COC(=O)C(C)NCC1CC2C=CC1C2. The van der Waals surface area contributed by atoms with Crippen LogP contribution in [0.15, 0.2) is 12.2 Å². The molecule has 2 rings (SSSR count). The highest BCUT2D eigenvalue weighted by Gasteiger charge is 2.35. The van der Waals surface area contributed by atoms with E-state index < -0.39 is 0 Å². The topological polar surface area (TPSA) is 38.3 Å². The normalized spacial score (nSPS) is 34.4. The first-order chi connectivity index (χ1) is 7.20. The molecule has 3 nitrogen and oxygen atoms in total. The largest absolute Gasteiger partial charge is 0.468 e. The molecule has 2 bridgehead atoms. The van der Waals surface area contributed by atoms with Crippen molar-refractivity contribution in [3.8, 4) is 0 Å². The van der Waals surface area contributed by atoms with Crippen molar-refractivity contribution in [2.24, 2.45) is 17.8 Å². The second-order valence-electron chi connectivity index (χ2n) is 4.69. The number of rotatable bonds is 4. The molecule has 4 atom stereocenters. The van der Waals surface area contributed by atoms with E-state index in [1.807, 2.05) is 6.92 Å². The van der Waals surface area contributed by atoms with E-state index in [9.17, 15) is 4.79 Å². The number of fused-ring (bicyclic) bond motifs is 2. The molecule has 1 saturated carbocycles. The Labute approximate surface area is 90.9 Å². The molecule has 2 aliphatic carbocycles. The number of allylic oxidation sites excluding steroid dienone is 2. The molecular formula is C12H19NO2. The van der Waals surface area contributed by atoms with Crippen LogP contribution in [0.5, 0.6) is 0 Å². The van der Waals surface area contributed by atoms with Crippen LogP contribution >= 0.6 is 0 Å². The summed E-state index contributed by atoms with van der Waals surface area (Å²) >= 11 is 0. The van der Waals surface area contributed by atoms with E-state index in [1.54, 1.807) is 0 Å². The van der Waals surface area contributed by atoms with Gasteiger partial charge in [0.25, 0.3) is 0 Å². The smallest absolute Gasteiger partial charge is 0.322 e. The zero-order valence-corrected chi connectivity index (χ0v) is 9.40. The Balaban J connectivity index is 1.75. The van der Waals surface area contributed by atoms with Gasteiger partial charge in [0, 0.05) is 0 Å². The lowest BCUT2D eigenvalue weighted by Crippen LogP contribution is -2.38. The monoisotopic (exact) mass is 209 g/mol. The number of nitrogens with one attached hydrogen (secondary N) is 1. The maximum absolute atomic E-state index is 11.2. The van der Waals surface area contributed by atoms with Crippen molar-refractivity contribution < 1.29 is 9.53 Å². The van der Waals surface area contributed by atoms with Crippen molar-refractivity contribution in [2.45, 2.75) is 25.8 Å². The minimum Gasteiger partial charge on any atom is -0.468 e. The van der Waals surface area contributed by atoms with Crippen LogP contribution in [0.4, 0.5) is 0 Å². The lowest BCUT2D eigenvalue weighted by atomic mass is 9.93. The summed E-state index contributed by atoms with van der Waals surface area (Å²) in [7, 11) is 1.43. The van der Waals surface area contributed by atoms with Crippen LogP contribution in [0.1, 0.15) is 19.8 Å². The number of hydrogen-bond acceptors (Lipinski definition) is 3. The molecule has 4 unspecified atom stereocenters. The number of carbonyl (C=O) groups excluding carboxylic acids is 1. The molecule has 15 heavy (non-hydrogen) atoms. The molecule has 1 fully saturated rings.